The monoisotopic (exact) mass is 328 g/mol. The summed E-state index contributed by atoms with van der Waals surface area (Å²) in [5, 5.41) is 2.96. The lowest BCUT2D eigenvalue weighted by Crippen LogP contribution is -2.23. The van der Waals surface area contributed by atoms with Crippen LogP contribution in [0.25, 0.3) is 0 Å². The van der Waals surface area contributed by atoms with Crippen LogP contribution < -0.4 is 15.8 Å². The van der Waals surface area contributed by atoms with Gasteiger partial charge in [0, 0.05) is 32.1 Å². The fourth-order valence-corrected chi connectivity index (χ4v) is 2.57. The molecule has 124 valence electrons. The van der Waals surface area contributed by atoms with E-state index in [1.54, 1.807) is 7.11 Å². The second-order valence-electron chi connectivity index (χ2n) is 5.45. The Morgan fingerprint density at radius 2 is 2.09 bits per heavy atom. The van der Waals surface area contributed by atoms with E-state index in [0.29, 0.717) is 19.0 Å². The highest BCUT2D eigenvalue weighted by atomic mass is 35.5. The number of anilines is 1. The van der Waals surface area contributed by atoms with Crippen molar-refractivity contribution in [1.82, 2.24) is 0 Å². The number of carbonyl (C=O) groups is 1. The molecule has 2 atom stereocenters. The number of rotatable bonds is 7. The summed E-state index contributed by atoms with van der Waals surface area (Å²) in [7, 11) is 1.67. The lowest BCUT2D eigenvalue weighted by atomic mass is 10.1. The number of nitrogens with one attached hydrogen (secondary N) is 1. The Kier molecular flexibility index (Phi) is 8.24. The summed E-state index contributed by atoms with van der Waals surface area (Å²) in [5.41, 5.74) is 6.59. The van der Waals surface area contributed by atoms with Crippen LogP contribution in [-0.2, 0) is 9.53 Å². The summed E-state index contributed by atoms with van der Waals surface area (Å²) in [5.74, 6) is 0.752. The molecule has 1 saturated carbocycles. The van der Waals surface area contributed by atoms with Crippen LogP contribution >= 0.6 is 12.4 Å². The molecule has 1 aromatic rings. The van der Waals surface area contributed by atoms with E-state index in [0.717, 1.165) is 31.4 Å². The first-order chi connectivity index (χ1) is 10.2. The van der Waals surface area contributed by atoms with Gasteiger partial charge < -0.3 is 20.5 Å². The minimum Gasteiger partial charge on any atom is -0.491 e. The molecular weight excluding hydrogens is 304 g/mol. The van der Waals surface area contributed by atoms with Gasteiger partial charge in [-0.2, -0.15) is 0 Å². The highest BCUT2D eigenvalue weighted by Crippen LogP contribution is 2.28. The number of ether oxygens (including phenoxy) is 2. The topological polar surface area (TPSA) is 73.6 Å². The van der Waals surface area contributed by atoms with Crippen LogP contribution in [-0.4, -0.2) is 32.3 Å². The highest BCUT2D eigenvalue weighted by molar-refractivity contribution is 5.94. The van der Waals surface area contributed by atoms with E-state index >= 15 is 0 Å². The summed E-state index contributed by atoms with van der Waals surface area (Å²) in [6, 6.07) is 7.66. The predicted molar refractivity (Wildman–Crippen MR) is 89.6 cm³/mol. The number of amides is 1. The van der Waals surface area contributed by atoms with Crippen LogP contribution in [0.1, 0.15) is 25.7 Å². The SMILES string of the molecule is COCCCOc1ccccc1NC(=O)C1CCC(N)C1.Cl. The third-order valence-corrected chi connectivity index (χ3v) is 3.74. The zero-order valence-electron chi connectivity index (χ0n) is 12.9. The molecule has 2 unspecified atom stereocenters. The summed E-state index contributed by atoms with van der Waals surface area (Å²) < 4.78 is 10.7. The first-order valence-corrected chi connectivity index (χ1v) is 7.48. The maximum absolute atomic E-state index is 12.2. The van der Waals surface area contributed by atoms with E-state index in [1.807, 2.05) is 24.3 Å². The van der Waals surface area contributed by atoms with Crippen molar-refractivity contribution in [2.24, 2.45) is 11.7 Å². The van der Waals surface area contributed by atoms with Gasteiger partial charge in [-0.15, -0.1) is 12.4 Å². The molecule has 1 fully saturated rings. The minimum absolute atomic E-state index is 0. The highest BCUT2D eigenvalue weighted by Gasteiger charge is 2.28. The van der Waals surface area contributed by atoms with Gasteiger partial charge in [-0.25, -0.2) is 0 Å². The molecule has 1 aliphatic carbocycles. The zero-order chi connectivity index (χ0) is 15.1. The molecule has 0 radical (unpaired) electrons. The van der Waals surface area contributed by atoms with Gasteiger partial charge in [0.2, 0.25) is 5.91 Å². The Morgan fingerprint density at radius 1 is 1.32 bits per heavy atom. The minimum atomic E-state index is 0. The van der Waals surface area contributed by atoms with Crippen LogP contribution in [0.2, 0.25) is 0 Å². The first-order valence-electron chi connectivity index (χ1n) is 7.48. The standard InChI is InChI=1S/C16H24N2O3.ClH/c1-20-9-4-10-21-15-6-3-2-5-14(15)18-16(19)12-7-8-13(17)11-12;/h2-3,5-6,12-13H,4,7-11,17H2,1H3,(H,18,19);1H. The molecule has 0 spiro atoms. The van der Waals surface area contributed by atoms with E-state index in [-0.39, 0.29) is 30.3 Å². The molecule has 0 saturated heterocycles. The van der Waals surface area contributed by atoms with E-state index in [2.05, 4.69) is 5.32 Å². The molecule has 1 aliphatic rings. The molecule has 0 heterocycles. The van der Waals surface area contributed by atoms with Crippen molar-refractivity contribution in [2.75, 3.05) is 25.6 Å². The molecule has 0 aliphatic heterocycles. The Balaban J connectivity index is 0.00000242. The van der Waals surface area contributed by atoms with Gasteiger partial charge in [0.1, 0.15) is 5.75 Å². The average Bonchev–Trinajstić information content (AvgIpc) is 2.92. The molecule has 6 heteroatoms. The fraction of sp³-hybridized carbons (Fsp3) is 0.562. The van der Waals surface area contributed by atoms with Crippen LogP contribution in [0.4, 0.5) is 5.69 Å². The molecule has 22 heavy (non-hydrogen) atoms. The van der Waals surface area contributed by atoms with Crippen LogP contribution in [0, 0.1) is 5.92 Å². The Hall–Kier alpha value is -1.30. The summed E-state index contributed by atoms with van der Waals surface area (Å²) in [6.07, 6.45) is 3.37. The summed E-state index contributed by atoms with van der Waals surface area (Å²) in [6.45, 7) is 1.23. The number of nitrogens with two attached hydrogens (primary N) is 1. The summed E-state index contributed by atoms with van der Waals surface area (Å²) >= 11 is 0. The zero-order valence-corrected chi connectivity index (χ0v) is 13.7. The quantitative estimate of drug-likeness (QED) is 0.754. The van der Waals surface area contributed by atoms with Crippen molar-refractivity contribution in [3.05, 3.63) is 24.3 Å². The molecule has 0 bridgehead atoms. The fourth-order valence-electron chi connectivity index (χ4n) is 2.57. The second-order valence-corrected chi connectivity index (χ2v) is 5.45. The molecular formula is C16H25ClN2O3. The van der Waals surface area contributed by atoms with Crippen LogP contribution in [0.5, 0.6) is 5.75 Å². The lowest BCUT2D eigenvalue weighted by Gasteiger charge is -2.15. The van der Waals surface area contributed by atoms with Gasteiger partial charge in [0.15, 0.2) is 0 Å². The third kappa shape index (κ3) is 5.48. The molecule has 3 N–H and O–H groups in total. The number of hydrogen-bond acceptors (Lipinski definition) is 4. The maximum Gasteiger partial charge on any atom is 0.227 e. The van der Waals surface area contributed by atoms with Gasteiger partial charge >= 0.3 is 0 Å². The van der Waals surface area contributed by atoms with Gasteiger partial charge in [-0.3, -0.25) is 4.79 Å². The molecule has 1 amide bonds. The predicted octanol–water partition coefficient (Wildman–Crippen LogP) is 2.59. The van der Waals surface area contributed by atoms with Crippen LogP contribution in [0.15, 0.2) is 24.3 Å². The molecule has 2 rings (SSSR count). The van der Waals surface area contributed by atoms with E-state index in [4.69, 9.17) is 15.2 Å². The van der Waals surface area contributed by atoms with E-state index in [9.17, 15) is 4.79 Å². The molecule has 1 aromatic carbocycles. The van der Waals surface area contributed by atoms with Gasteiger partial charge in [0.25, 0.3) is 0 Å². The number of hydrogen-bond donors (Lipinski definition) is 2. The van der Waals surface area contributed by atoms with Crippen molar-refractivity contribution in [3.63, 3.8) is 0 Å². The van der Waals surface area contributed by atoms with Crippen molar-refractivity contribution < 1.29 is 14.3 Å². The smallest absolute Gasteiger partial charge is 0.227 e. The van der Waals surface area contributed by atoms with Gasteiger partial charge in [0.05, 0.1) is 12.3 Å². The molecule has 5 nitrogen and oxygen atoms in total. The van der Waals surface area contributed by atoms with Crippen molar-refractivity contribution in [3.8, 4) is 5.75 Å². The average molecular weight is 329 g/mol. The maximum atomic E-state index is 12.2. The van der Waals surface area contributed by atoms with E-state index in [1.165, 1.54) is 0 Å². The van der Waals surface area contributed by atoms with Crippen molar-refractivity contribution in [1.29, 1.82) is 0 Å². The lowest BCUT2D eigenvalue weighted by molar-refractivity contribution is -0.119. The third-order valence-electron chi connectivity index (χ3n) is 3.74. The number of benzene rings is 1. The van der Waals surface area contributed by atoms with Gasteiger partial charge in [-0.1, -0.05) is 12.1 Å². The Bertz CT molecular complexity index is 470. The van der Waals surface area contributed by atoms with Crippen molar-refractivity contribution >= 4 is 24.0 Å². The number of carbonyl (C=O) groups excluding carboxylic acids is 1. The second kappa shape index (κ2) is 9.66. The van der Waals surface area contributed by atoms with Crippen LogP contribution in [0.3, 0.4) is 0 Å². The Labute approximate surface area is 138 Å². The molecule has 0 aromatic heterocycles. The summed E-state index contributed by atoms with van der Waals surface area (Å²) in [4.78, 5) is 12.2. The number of halogens is 1. The number of methoxy groups -OCH3 is 1. The first kappa shape index (κ1) is 18.7. The largest absolute Gasteiger partial charge is 0.491 e. The van der Waals surface area contributed by atoms with Gasteiger partial charge in [-0.05, 0) is 31.4 Å². The normalized spacial score (nSPS) is 20.3. The Morgan fingerprint density at radius 3 is 2.77 bits per heavy atom. The van der Waals surface area contributed by atoms with E-state index < -0.39 is 0 Å². The number of para-hydroxylation sites is 2. The van der Waals surface area contributed by atoms with Crippen molar-refractivity contribution in [2.45, 2.75) is 31.7 Å².